The normalized spacial score (nSPS) is 14.0. The van der Waals surface area contributed by atoms with Crippen molar-refractivity contribution in [2.24, 2.45) is 0 Å². The van der Waals surface area contributed by atoms with Crippen LogP contribution in [0, 0.1) is 6.92 Å². The molecule has 0 bridgehead atoms. The highest BCUT2D eigenvalue weighted by atomic mass is 32.2. The van der Waals surface area contributed by atoms with Crippen LogP contribution in [0.2, 0.25) is 0 Å². The third-order valence-corrected chi connectivity index (χ3v) is 8.96. The molecule has 0 unspecified atom stereocenters. The molecule has 6 rings (SSSR count). The van der Waals surface area contributed by atoms with Crippen LogP contribution in [0.4, 0.5) is 5.82 Å². The van der Waals surface area contributed by atoms with Gasteiger partial charge in [0.15, 0.2) is 11.5 Å². The molecular weight excluding hydrogens is 564 g/mol. The first-order chi connectivity index (χ1) is 20.6. The highest BCUT2D eigenvalue weighted by molar-refractivity contribution is 7.89. The molecule has 1 fully saturated rings. The summed E-state index contributed by atoms with van der Waals surface area (Å²) < 4.78 is 29.8. The zero-order valence-corrected chi connectivity index (χ0v) is 24.4. The van der Waals surface area contributed by atoms with Gasteiger partial charge in [0.2, 0.25) is 10.0 Å². The minimum Gasteiger partial charge on any atom is -0.382 e. The number of nitrogens with one attached hydrogen (secondary N) is 2. The molecule has 1 aliphatic rings. The molecule has 4 N–H and O–H groups in total. The molecule has 43 heavy (non-hydrogen) atoms. The molecule has 0 radical (unpaired) electrons. The van der Waals surface area contributed by atoms with Crippen LogP contribution in [0.5, 0.6) is 0 Å². The number of aromatic nitrogens is 3. The Bertz CT molecular complexity index is 2040. The maximum atomic E-state index is 13.8. The Hall–Kier alpha value is -4.87. The van der Waals surface area contributed by atoms with Crippen molar-refractivity contribution in [2.45, 2.75) is 43.7 Å². The highest BCUT2D eigenvalue weighted by Crippen LogP contribution is 2.26. The summed E-state index contributed by atoms with van der Waals surface area (Å²) in [5.41, 5.74) is 8.64. The van der Waals surface area contributed by atoms with E-state index < -0.39 is 22.0 Å². The van der Waals surface area contributed by atoms with Gasteiger partial charge in [0.25, 0.3) is 11.5 Å². The third kappa shape index (κ3) is 5.64. The van der Waals surface area contributed by atoms with E-state index in [4.69, 9.17) is 5.73 Å². The summed E-state index contributed by atoms with van der Waals surface area (Å²) in [5.74, 6) is -0.669. The van der Waals surface area contributed by atoms with E-state index in [0.717, 1.165) is 23.8 Å². The molecule has 218 valence electrons. The number of benzene rings is 3. The largest absolute Gasteiger partial charge is 0.382 e. The molecule has 1 atom stereocenters. The van der Waals surface area contributed by atoms with Gasteiger partial charge in [0.05, 0.1) is 28.2 Å². The Balaban J connectivity index is 1.34. The average molecular weight is 595 g/mol. The van der Waals surface area contributed by atoms with Crippen molar-refractivity contribution in [3.05, 3.63) is 112 Å². The molecule has 3 aromatic carbocycles. The van der Waals surface area contributed by atoms with Gasteiger partial charge in [-0.3, -0.25) is 14.2 Å². The fraction of sp³-hybridized carbons (Fsp3) is 0.188. The zero-order chi connectivity index (χ0) is 30.3. The van der Waals surface area contributed by atoms with Gasteiger partial charge in [-0.1, -0.05) is 48.5 Å². The number of nitrogens with two attached hydrogens (primary N) is 1. The first kappa shape index (κ1) is 28.3. The molecular formula is C32H30N6O4S. The SMILES string of the molecule is Cc1cccc2cc([C@H](C)NC(=O)c3nc(-c4cccc(S(=O)(=O)NC5CC5)c4)cnc3N)n(-c3ccccc3)c(=O)c12. The predicted octanol–water partition coefficient (Wildman–Crippen LogP) is 4.27. The molecule has 10 nitrogen and oxygen atoms in total. The molecule has 1 saturated carbocycles. The smallest absolute Gasteiger partial charge is 0.274 e. The number of anilines is 1. The predicted molar refractivity (Wildman–Crippen MR) is 165 cm³/mol. The summed E-state index contributed by atoms with van der Waals surface area (Å²) in [6.07, 6.45) is 3.04. The highest BCUT2D eigenvalue weighted by Gasteiger charge is 2.28. The number of fused-ring (bicyclic) bond motifs is 1. The minimum absolute atomic E-state index is 0.0350. The number of aryl methyl sites for hydroxylation is 1. The Morgan fingerprint density at radius 3 is 2.51 bits per heavy atom. The summed E-state index contributed by atoms with van der Waals surface area (Å²) in [6.45, 7) is 3.68. The number of hydrogen-bond acceptors (Lipinski definition) is 7. The Labute approximate surface area is 248 Å². The van der Waals surface area contributed by atoms with Crippen LogP contribution in [0.25, 0.3) is 27.7 Å². The summed E-state index contributed by atoms with van der Waals surface area (Å²) in [7, 11) is -3.69. The first-order valence-electron chi connectivity index (χ1n) is 13.9. The molecule has 1 amide bonds. The quantitative estimate of drug-likeness (QED) is 0.243. The number of nitrogens with zero attached hydrogens (tertiary/aromatic N) is 3. The standard InChI is InChI=1S/C32H30N6O4S/c1-19-8-6-10-22-17-27(38(32(40)28(19)22)24-11-4-3-5-12-24)20(2)35-31(39)29-30(33)34-18-26(36-29)21-9-7-13-25(16-21)43(41,42)37-23-14-15-23/h3-13,16-18,20,23,37H,14-15H2,1-2H3,(H2,33,34)(H,35,39)/t20-/m0/s1. The fourth-order valence-corrected chi connectivity index (χ4v) is 6.42. The zero-order valence-electron chi connectivity index (χ0n) is 23.6. The van der Waals surface area contributed by atoms with Crippen molar-refractivity contribution >= 4 is 32.5 Å². The Morgan fingerprint density at radius 2 is 1.77 bits per heavy atom. The molecule has 0 spiro atoms. The van der Waals surface area contributed by atoms with Crippen LogP contribution >= 0.6 is 0 Å². The second-order valence-electron chi connectivity index (χ2n) is 10.7. The molecule has 11 heteroatoms. The molecule has 2 aromatic heterocycles. The number of pyridine rings is 1. The lowest BCUT2D eigenvalue weighted by Gasteiger charge is -2.21. The monoisotopic (exact) mass is 594 g/mol. The van der Waals surface area contributed by atoms with Gasteiger partial charge in [-0.2, -0.15) is 0 Å². The van der Waals surface area contributed by atoms with Gasteiger partial charge in [-0.05, 0) is 68.0 Å². The van der Waals surface area contributed by atoms with Crippen molar-refractivity contribution in [1.29, 1.82) is 0 Å². The number of sulfonamides is 1. The van der Waals surface area contributed by atoms with Gasteiger partial charge in [-0.15, -0.1) is 0 Å². The number of nitrogen functional groups attached to an aromatic ring is 1. The van der Waals surface area contributed by atoms with Gasteiger partial charge in [0.1, 0.15) is 0 Å². The fourth-order valence-electron chi connectivity index (χ4n) is 5.07. The van der Waals surface area contributed by atoms with E-state index >= 15 is 0 Å². The maximum Gasteiger partial charge on any atom is 0.274 e. The summed E-state index contributed by atoms with van der Waals surface area (Å²) in [5, 5.41) is 4.29. The van der Waals surface area contributed by atoms with E-state index in [-0.39, 0.29) is 33.7 Å². The number of amides is 1. The molecule has 2 heterocycles. The number of para-hydroxylation sites is 1. The van der Waals surface area contributed by atoms with E-state index in [1.807, 2.05) is 61.5 Å². The van der Waals surface area contributed by atoms with Gasteiger partial charge in [0, 0.05) is 23.0 Å². The van der Waals surface area contributed by atoms with Gasteiger partial charge >= 0.3 is 0 Å². The molecule has 1 aliphatic carbocycles. The number of rotatable bonds is 8. The molecule has 0 saturated heterocycles. The summed E-state index contributed by atoms with van der Waals surface area (Å²) >= 11 is 0. The Morgan fingerprint density at radius 1 is 1.02 bits per heavy atom. The van der Waals surface area contributed by atoms with E-state index in [9.17, 15) is 18.0 Å². The van der Waals surface area contributed by atoms with Crippen molar-refractivity contribution in [3.63, 3.8) is 0 Å². The van der Waals surface area contributed by atoms with Crippen LogP contribution in [0.3, 0.4) is 0 Å². The lowest BCUT2D eigenvalue weighted by atomic mass is 10.0. The first-order valence-corrected chi connectivity index (χ1v) is 15.4. The number of carbonyl (C=O) groups is 1. The van der Waals surface area contributed by atoms with E-state index in [2.05, 4.69) is 20.0 Å². The van der Waals surface area contributed by atoms with Gasteiger partial charge < -0.3 is 11.1 Å². The third-order valence-electron chi connectivity index (χ3n) is 7.44. The van der Waals surface area contributed by atoms with Crippen LogP contribution in [-0.4, -0.2) is 34.9 Å². The van der Waals surface area contributed by atoms with E-state index in [0.29, 0.717) is 22.3 Å². The number of carbonyl (C=O) groups excluding carboxylic acids is 1. The molecule has 5 aromatic rings. The summed E-state index contributed by atoms with van der Waals surface area (Å²) in [6, 6.07) is 22.4. The van der Waals surface area contributed by atoms with Crippen LogP contribution in [-0.2, 0) is 10.0 Å². The lowest BCUT2D eigenvalue weighted by molar-refractivity contribution is 0.0934. The Kier molecular flexibility index (Phi) is 7.28. The van der Waals surface area contributed by atoms with Crippen LogP contribution in [0.15, 0.2) is 94.7 Å². The van der Waals surface area contributed by atoms with Crippen molar-refractivity contribution in [2.75, 3.05) is 5.73 Å². The second-order valence-corrected chi connectivity index (χ2v) is 12.4. The summed E-state index contributed by atoms with van der Waals surface area (Å²) in [4.78, 5) is 36.1. The van der Waals surface area contributed by atoms with Crippen molar-refractivity contribution in [1.82, 2.24) is 24.6 Å². The van der Waals surface area contributed by atoms with Crippen molar-refractivity contribution < 1.29 is 13.2 Å². The van der Waals surface area contributed by atoms with Crippen LogP contribution in [0.1, 0.15) is 47.6 Å². The number of hydrogen-bond donors (Lipinski definition) is 3. The minimum atomic E-state index is -3.69. The lowest BCUT2D eigenvalue weighted by Crippen LogP contribution is -2.33. The average Bonchev–Trinajstić information content (AvgIpc) is 3.81. The van der Waals surface area contributed by atoms with E-state index in [1.165, 1.54) is 18.3 Å². The van der Waals surface area contributed by atoms with E-state index in [1.54, 1.807) is 23.6 Å². The van der Waals surface area contributed by atoms with Crippen LogP contribution < -0.4 is 21.3 Å². The van der Waals surface area contributed by atoms with Crippen molar-refractivity contribution in [3.8, 4) is 16.9 Å². The molecule has 0 aliphatic heterocycles. The second kappa shape index (κ2) is 11.1. The topological polar surface area (TPSA) is 149 Å². The maximum absolute atomic E-state index is 13.8. The van der Waals surface area contributed by atoms with Gasteiger partial charge in [-0.25, -0.2) is 23.1 Å².